The smallest absolute Gasteiger partial charge is 0.144 e. The molecule has 2 aromatic rings. The molecule has 0 bridgehead atoms. The molecule has 4 heteroatoms. The number of methoxy groups -OCH3 is 1. The summed E-state index contributed by atoms with van der Waals surface area (Å²) in [5, 5.41) is 4.07. The summed E-state index contributed by atoms with van der Waals surface area (Å²) in [4.78, 5) is 4.37. The third kappa shape index (κ3) is 2.11. The summed E-state index contributed by atoms with van der Waals surface area (Å²) >= 11 is 0. The van der Waals surface area contributed by atoms with Crippen molar-refractivity contribution in [3.8, 4) is 5.75 Å². The van der Waals surface area contributed by atoms with Crippen LogP contribution in [0.1, 0.15) is 5.69 Å². The molecule has 0 atom stereocenters. The maximum absolute atomic E-state index is 5.21. The van der Waals surface area contributed by atoms with Gasteiger partial charge in [-0.3, -0.25) is 9.67 Å². The van der Waals surface area contributed by atoms with Crippen molar-refractivity contribution < 1.29 is 4.74 Å². The molecule has 0 saturated heterocycles. The first-order valence-electron chi connectivity index (χ1n) is 4.96. The monoisotopic (exact) mass is 215 g/mol. The Bertz CT molecular complexity index is 502. The lowest BCUT2D eigenvalue weighted by Gasteiger charge is -2.02. The van der Waals surface area contributed by atoms with Crippen molar-refractivity contribution in [1.29, 1.82) is 0 Å². The number of nitrogens with zero attached hydrogens (tertiary/aromatic N) is 3. The molecule has 0 radical (unpaired) electrons. The third-order valence-electron chi connectivity index (χ3n) is 2.28. The van der Waals surface area contributed by atoms with Gasteiger partial charge in [0.25, 0.3) is 0 Å². The Hall–Kier alpha value is -2.10. The fourth-order valence-electron chi connectivity index (χ4n) is 1.38. The number of para-hydroxylation sites is 2. The minimum absolute atomic E-state index is 0.765. The maximum atomic E-state index is 5.21. The third-order valence-corrected chi connectivity index (χ3v) is 2.28. The molecule has 2 rings (SSSR count). The summed E-state index contributed by atoms with van der Waals surface area (Å²) in [5.41, 5.74) is 1.76. The highest BCUT2D eigenvalue weighted by molar-refractivity contribution is 5.80. The topological polar surface area (TPSA) is 39.4 Å². The van der Waals surface area contributed by atoms with E-state index in [0.29, 0.717) is 0 Å². The van der Waals surface area contributed by atoms with Crippen LogP contribution in [0.4, 0.5) is 5.69 Å². The summed E-state index contributed by atoms with van der Waals surface area (Å²) in [6, 6.07) is 9.54. The van der Waals surface area contributed by atoms with E-state index >= 15 is 0 Å². The average Bonchev–Trinajstić information content (AvgIpc) is 2.72. The molecule has 1 aromatic carbocycles. The van der Waals surface area contributed by atoms with E-state index in [2.05, 4.69) is 10.1 Å². The molecule has 0 aliphatic heterocycles. The van der Waals surface area contributed by atoms with Crippen LogP contribution in [0, 0.1) is 0 Å². The Morgan fingerprint density at radius 3 is 2.81 bits per heavy atom. The van der Waals surface area contributed by atoms with Gasteiger partial charge in [0.2, 0.25) is 0 Å². The molecule has 0 unspecified atom stereocenters. The SMILES string of the molecule is COc1ccccc1N=Cc1ccnn1C. The van der Waals surface area contributed by atoms with Crippen LogP contribution in [0.2, 0.25) is 0 Å². The fourth-order valence-corrected chi connectivity index (χ4v) is 1.38. The number of hydrogen-bond donors (Lipinski definition) is 0. The Labute approximate surface area is 94.2 Å². The molecule has 0 saturated carbocycles. The number of benzene rings is 1. The molecule has 0 fully saturated rings. The van der Waals surface area contributed by atoms with Crippen molar-refractivity contribution in [3.05, 3.63) is 42.2 Å². The number of rotatable bonds is 3. The molecule has 0 aliphatic rings. The Balaban J connectivity index is 2.27. The van der Waals surface area contributed by atoms with Crippen LogP contribution < -0.4 is 4.74 Å². The zero-order chi connectivity index (χ0) is 11.4. The molecule has 4 nitrogen and oxygen atoms in total. The quantitative estimate of drug-likeness (QED) is 0.736. The van der Waals surface area contributed by atoms with Crippen LogP contribution in [-0.2, 0) is 7.05 Å². The van der Waals surface area contributed by atoms with Crippen molar-refractivity contribution in [2.24, 2.45) is 12.0 Å². The van der Waals surface area contributed by atoms with Gasteiger partial charge in [-0.25, -0.2) is 0 Å². The predicted octanol–water partition coefficient (Wildman–Crippen LogP) is 2.18. The molecule has 1 heterocycles. The molecule has 0 N–H and O–H groups in total. The number of ether oxygens (including phenoxy) is 1. The zero-order valence-electron chi connectivity index (χ0n) is 9.29. The van der Waals surface area contributed by atoms with Gasteiger partial charge < -0.3 is 4.74 Å². The number of hydrogen-bond acceptors (Lipinski definition) is 3. The predicted molar refractivity (Wildman–Crippen MR) is 63.5 cm³/mol. The first-order valence-corrected chi connectivity index (χ1v) is 4.96. The van der Waals surface area contributed by atoms with Crippen molar-refractivity contribution in [2.75, 3.05) is 7.11 Å². The van der Waals surface area contributed by atoms with Gasteiger partial charge in [-0.05, 0) is 18.2 Å². The standard InChI is InChI=1S/C12H13N3O/c1-15-10(7-8-14-15)9-13-11-5-3-4-6-12(11)16-2/h3-9H,1-2H3. The van der Waals surface area contributed by atoms with Crippen molar-refractivity contribution in [3.63, 3.8) is 0 Å². The van der Waals surface area contributed by atoms with Crippen LogP contribution in [-0.4, -0.2) is 23.1 Å². The van der Waals surface area contributed by atoms with Crippen LogP contribution in [0.25, 0.3) is 0 Å². The van der Waals surface area contributed by atoms with Gasteiger partial charge >= 0.3 is 0 Å². The van der Waals surface area contributed by atoms with Gasteiger partial charge in [-0.15, -0.1) is 0 Å². The minimum Gasteiger partial charge on any atom is -0.494 e. The van der Waals surface area contributed by atoms with Crippen LogP contribution >= 0.6 is 0 Å². The van der Waals surface area contributed by atoms with E-state index < -0.39 is 0 Å². The molecule has 0 amide bonds. The van der Waals surface area contributed by atoms with E-state index in [4.69, 9.17) is 4.74 Å². The molecular formula is C12H13N3O. The number of aryl methyl sites for hydroxylation is 1. The second-order valence-corrected chi connectivity index (χ2v) is 3.31. The normalized spacial score (nSPS) is 10.9. The molecule has 0 aliphatic carbocycles. The largest absolute Gasteiger partial charge is 0.494 e. The van der Waals surface area contributed by atoms with Gasteiger partial charge in [-0.2, -0.15) is 5.10 Å². The van der Waals surface area contributed by atoms with Crippen LogP contribution in [0.5, 0.6) is 5.75 Å². The minimum atomic E-state index is 0.765. The van der Waals surface area contributed by atoms with Gasteiger partial charge in [0.1, 0.15) is 11.4 Å². The van der Waals surface area contributed by atoms with E-state index in [0.717, 1.165) is 17.1 Å². The van der Waals surface area contributed by atoms with E-state index in [1.807, 2.05) is 37.4 Å². The van der Waals surface area contributed by atoms with Gasteiger partial charge in [0.15, 0.2) is 0 Å². The lowest BCUT2D eigenvalue weighted by atomic mass is 10.3. The lowest BCUT2D eigenvalue weighted by molar-refractivity contribution is 0.416. The molecular weight excluding hydrogens is 202 g/mol. The second kappa shape index (κ2) is 4.61. The van der Waals surface area contributed by atoms with E-state index in [1.165, 1.54) is 0 Å². The highest BCUT2D eigenvalue weighted by atomic mass is 16.5. The fraction of sp³-hybridized carbons (Fsp3) is 0.167. The van der Waals surface area contributed by atoms with E-state index in [1.54, 1.807) is 24.2 Å². The number of aromatic nitrogens is 2. The highest BCUT2D eigenvalue weighted by Gasteiger charge is 1.98. The maximum Gasteiger partial charge on any atom is 0.144 e. The van der Waals surface area contributed by atoms with Crippen molar-refractivity contribution >= 4 is 11.9 Å². The van der Waals surface area contributed by atoms with Gasteiger partial charge in [0.05, 0.1) is 19.0 Å². The number of aliphatic imine (C=N–C) groups is 1. The molecule has 0 spiro atoms. The first kappa shape index (κ1) is 10.4. The molecule has 82 valence electrons. The first-order chi connectivity index (χ1) is 7.81. The van der Waals surface area contributed by atoms with Crippen LogP contribution in [0.15, 0.2) is 41.5 Å². The summed E-state index contributed by atoms with van der Waals surface area (Å²) in [6.45, 7) is 0. The lowest BCUT2D eigenvalue weighted by Crippen LogP contribution is -1.96. The Morgan fingerprint density at radius 2 is 2.12 bits per heavy atom. The summed E-state index contributed by atoms with van der Waals surface area (Å²) in [7, 11) is 3.52. The van der Waals surface area contributed by atoms with Crippen LogP contribution in [0.3, 0.4) is 0 Å². The molecule has 1 aromatic heterocycles. The summed E-state index contributed by atoms with van der Waals surface area (Å²) in [5.74, 6) is 0.765. The van der Waals surface area contributed by atoms with Gasteiger partial charge in [-0.1, -0.05) is 12.1 Å². The Kier molecular flexibility index (Phi) is 3.00. The van der Waals surface area contributed by atoms with E-state index in [-0.39, 0.29) is 0 Å². The summed E-state index contributed by atoms with van der Waals surface area (Å²) < 4.78 is 6.97. The Morgan fingerprint density at radius 1 is 1.31 bits per heavy atom. The van der Waals surface area contributed by atoms with E-state index in [9.17, 15) is 0 Å². The van der Waals surface area contributed by atoms with Crippen molar-refractivity contribution in [2.45, 2.75) is 0 Å². The van der Waals surface area contributed by atoms with Crippen molar-refractivity contribution in [1.82, 2.24) is 9.78 Å². The molecule has 16 heavy (non-hydrogen) atoms. The zero-order valence-corrected chi connectivity index (χ0v) is 9.29. The average molecular weight is 215 g/mol. The summed E-state index contributed by atoms with van der Waals surface area (Å²) in [6.07, 6.45) is 3.51. The highest BCUT2D eigenvalue weighted by Crippen LogP contribution is 2.25. The van der Waals surface area contributed by atoms with Gasteiger partial charge in [0, 0.05) is 13.2 Å². The second-order valence-electron chi connectivity index (χ2n) is 3.31.